The monoisotopic (exact) mass is 562 g/mol. The first-order valence-corrected chi connectivity index (χ1v) is 11.8. The van der Waals surface area contributed by atoms with Crippen molar-refractivity contribution in [1.29, 1.82) is 0 Å². The Kier molecular flexibility index (Phi) is 10.9. The topological polar surface area (TPSA) is 157 Å². The summed E-state index contributed by atoms with van der Waals surface area (Å²) in [6.07, 6.45) is 3.07. The number of fused-ring (bicyclic) bond motifs is 1. The van der Waals surface area contributed by atoms with Crippen LogP contribution in [0.25, 0.3) is 22.3 Å². The van der Waals surface area contributed by atoms with E-state index in [4.69, 9.17) is 23.4 Å². The summed E-state index contributed by atoms with van der Waals surface area (Å²) < 4.78 is 44.8. The number of aryl methyl sites for hydroxylation is 1. The number of hydrogen-bond donors (Lipinski definition) is 0. The van der Waals surface area contributed by atoms with Gasteiger partial charge in [-0.15, -0.1) is 0 Å². The molecule has 2 heterocycles. The Bertz CT molecular complexity index is 1490. The van der Waals surface area contributed by atoms with Crippen LogP contribution in [0, 0.1) is 0 Å². The van der Waals surface area contributed by atoms with Crippen LogP contribution in [-0.2, 0) is 11.6 Å². The van der Waals surface area contributed by atoms with Gasteiger partial charge in [0.15, 0.2) is 28.6 Å². The van der Waals surface area contributed by atoms with Gasteiger partial charge in [0.25, 0.3) is 0 Å². The molecule has 38 heavy (non-hydrogen) atoms. The quantitative estimate of drug-likeness (QED) is 0.112. The molecule has 2 aromatic heterocycles. The van der Waals surface area contributed by atoms with Crippen molar-refractivity contribution in [3.8, 4) is 40.1 Å². The van der Waals surface area contributed by atoms with Crippen molar-refractivity contribution in [2.24, 2.45) is 7.05 Å². The summed E-state index contributed by atoms with van der Waals surface area (Å²) in [7, 11) is 1.70. The predicted molar refractivity (Wildman–Crippen MR) is 123 cm³/mol. The van der Waals surface area contributed by atoms with Gasteiger partial charge in [0.1, 0.15) is 13.6 Å². The molecule has 4 rings (SSSR count). The van der Waals surface area contributed by atoms with Gasteiger partial charge < -0.3 is 42.2 Å². The zero-order chi connectivity index (χ0) is 26.2. The number of carbonyl (C=O) groups excluding carboxylic acids is 1. The van der Waals surface area contributed by atoms with Crippen LogP contribution < -0.4 is 92.4 Å². The number of hydrogen-bond acceptors (Lipinski definition) is 11. The number of carbonyl (C=O) groups is 1. The number of rotatable bonds is 9. The molecular weight excluding hydrogens is 541 g/mol. The molecule has 15 heteroatoms. The average molecular weight is 562 g/mol. The van der Waals surface area contributed by atoms with Gasteiger partial charge in [-0.25, -0.2) is 0 Å². The summed E-state index contributed by atoms with van der Waals surface area (Å²) in [5.41, 5.74) is 0.470. The second kappa shape index (κ2) is 12.9. The van der Waals surface area contributed by atoms with Crippen molar-refractivity contribution in [3.05, 3.63) is 47.8 Å². The Morgan fingerprint density at radius 1 is 0.947 bits per heavy atom. The molecule has 0 saturated heterocycles. The number of nitrogens with zero attached hydrogens (tertiary/aromatic N) is 2. The van der Waals surface area contributed by atoms with Crippen LogP contribution in [0.3, 0.4) is 0 Å². The number of benzene rings is 2. The first-order valence-electron chi connectivity index (χ1n) is 10.3. The molecule has 0 aliphatic rings. The summed E-state index contributed by atoms with van der Waals surface area (Å²) in [4.78, 5) is 36.9. The number of methoxy groups -OCH3 is 4. The Balaban J connectivity index is 0.00000253. The van der Waals surface area contributed by atoms with E-state index in [1.807, 2.05) is 0 Å². The van der Waals surface area contributed by atoms with Crippen molar-refractivity contribution in [3.63, 3.8) is 0 Å². The first kappa shape index (κ1) is 32.2. The van der Waals surface area contributed by atoms with Crippen molar-refractivity contribution >= 4 is 24.6 Å². The van der Waals surface area contributed by atoms with Crippen LogP contribution in [0.5, 0.6) is 28.7 Å². The Hall–Kier alpha value is -1.99. The second-order valence-electron chi connectivity index (χ2n) is 7.46. The van der Waals surface area contributed by atoms with Crippen LogP contribution in [0.4, 0.5) is 0 Å². The number of ketones is 1. The SMILES string of the molecule is COc1cc(C(=O)c2c(-c3cnn(C)c3)oc3c(OP(=O)([O-])[O-])c(OC)ccc23)cc(OC)c1OC.[Na+].[Na+]. The number of furan rings is 1. The predicted octanol–water partition coefficient (Wildman–Crippen LogP) is -3.69. The van der Waals surface area contributed by atoms with Gasteiger partial charge in [0.2, 0.25) is 11.5 Å². The summed E-state index contributed by atoms with van der Waals surface area (Å²) in [5, 5.41) is 4.30. The molecule has 0 saturated carbocycles. The molecule has 0 unspecified atom stereocenters. The normalized spacial score (nSPS) is 10.8. The fourth-order valence-corrected chi connectivity index (χ4v) is 4.20. The van der Waals surface area contributed by atoms with E-state index in [0.717, 1.165) is 0 Å². The fourth-order valence-electron chi connectivity index (χ4n) is 3.80. The van der Waals surface area contributed by atoms with E-state index in [2.05, 4.69) is 9.62 Å². The fraction of sp³-hybridized carbons (Fsp3) is 0.217. The van der Waals surface area contributed by atoms with Crippen LogP contribution in [0.1, 0.15) is 15.9 Å². The standard InChI is InChI=1S/C23H23N2O10P.2Na/c1-25-11-13(10-24-25)20-18(19(26)12-8-16(31-3)22(33-5)17(9-12)32-4)14-6-7-15(30-2)23(21(14)34-20)35-36(27,28)29;;/h6-11H,1-5H3,(H2,27,28,29);;/q;2*+1/p-2. The molecule has 0 aliphatic carbocycles. The van der Waals surface area contributed by atoms with Gasteiger partial charge in [-0.05, 0) is 24.3 Å². The van der Waals surface area contributed by atoms with E-state index in [9.17, 15) is 19.1 Å². The molecular formula is C23H21N2Na2O10P. The molecule has 0 N–H and O–H groups in total. The number of phosphoric acid groups is 1. The van der Waals surface area contributed by atoms with Gasteiger partial charge >= 0.3 is 59.1 Å². The molecule has 0 aliphatic heterocycles. The van der Waals surface area contributed by atoms with Gasteiger partial charge in [0.05, 0.1) is 45.8 Å². The Labute approximate surface area is 262 Å². The van der Waals surface area contributed by atoms with Crippen LogP contribution >= 0.6 is 7.82 Å². The second-order valence-corrected chi connectivity index (χ2v) is 8.54. The van der Waals surface area contributed by atoms with Crippen molar-refractivity contribution in [2.75, 3.05) is 28.4 Å². The smallest absolute Gasteiger partial charge is 0.780 e. The molecule has 0 fully saturated rings. The zero-order valence-electron chi connectivity index (χ0n) is 21.9. The van der Waals surface area contributed by atoms with Crippen LogP contribution in [0.15, 0.2) is 41.1 Å². The number of aromatic nitrogens is 2. The van der Waals surface area contributed by atoms with Crippen molar-refractivity contribution < 1.29 is 106 Å². The summed E-state index contributed by atoms with van der Waals surface area (Å²) in [5.74, 6) is -0.203. The molecule has 0 bridgehead atoms. The summed E-state index contributed by atoms with van der Waals surface area (Å²) >= 11 is 0. The maximum Gasteiger partial charge on any atom is 1.00 e. The third kappa shape index (κ3) is 6.25. The van der Waals surface area contributed by atoms with E-state index < -0.39 is 19.4 Å². The van der Waals surface area contributed by atoms with Gasteiger partial charge in [-0.3, -0.25) is 9.48 Å². The minimum atomic E-state index is -5.51. The van der Waals surface area contributed by atoms with Crippen molar-refractivity contribution in [1.82, 2.24) is 9.78 Å². The largest absolute Gasteiger partial charge is 1.00 e. The van der Waals surface area contributed by atoms with E-state index in [1.54, 1.807) is 13.2 Å². The molecule has 0 atom stereocenters. The van der Waals surface area contributed by atoms with Crippen LogP contribution in [-0.4, -0.2) is 44.0 Å². The number of ether oxygens (including phenoxy) is 4. The van der Waals surface area contributed by atoms with Gasteiger partial charge in [0, 0.05) is 24.2 Å². The third-order valence-electron chi connectivity index (χ3n) is 5.32. The molecule has 0 amide bonds. The first-order chi connectivity index (χ1) is 17.1. The summed E-state index contributed by atoms with van der Waals surface area (Å²) in [6.45, 7) is 0. The third-order valence-corrected chi connectivity index (χ3v) is 5.73. The average Bonchev–Trinajstić information content (AvgIpc) is 3.45. The molecule has 0 radical (unpaired) electrons. The van der Waals surface area contributed by atoms with E-state index in [-0.39, 0.29) is 104 Å². The molecule has 0 spiro atoms. The molecule has 4 aromatic rings. The maximum absolute atomic E-state index is 13.9. The number of phosphoric ester groups is 1. The minimum absolute atomic E-state index is 0. The molecule has 2 aromatic carbocycles. The van der Waals surface area contributed by atoms with Gasteiger partial charge in [-0.1, -0.05) is 0 Å². The Morgan fingerprint density at radius 3 is 2.03 bits per heavy atom. The molecule has 190 valence electrons. The van der Waals surface area contributed by atoms with E-state index in [1.165, 1.54) is 63.6 Å². The van der Waals surface area contributed by atoms with Crippen molar-refractivity contribution in [2.45, 2.75) is 0 Å². The van der Waals surface area contributed by atoms with Gasteiger partial charge in [-0.2, -0.15) is 5.10 Å². The van der Waals surface area contributed by atoms with E-state index in [0.29, 0.717) is 11.3 Å². The molecule has 12 nitrogen and oxygen atoms in total. The Morgan fingerprint density at radius 2 is 1.55 bits per heavy atom. The summed E-state index contributed by atoms with van der Waals surface area (Å²) in [6, 6.07) is 5.80. The minimum Gasteiger partial charge on any atom is -0.780 e. The zero-order valence-corrected chi connectivity index (χ0v) is 26.8. The van der Waals surface area contributed by atoms with E-state index >= 15 is 0 Å². The van der Waals surface area contributed by atoms with Crippen LogP contribution in [0.2, 0.25) is 0 Å². The maximum atomic E-state index is 13.9.